The third-order valence-electron chi connectivity index (χ3n) is 7.85. The van der Waals surface area contributed by atoms with E-state index in [0.29, 0.717) is 0 Å². The molecule has 7 aromatic rings. The number of hydrogen-bond acceptors (Lipinski definition) is 4. The molecule has 0 saturated carbocycles. The summed E-state index contributed by atoms with van der Waals surface area (Å²) in [5.74, 6) is 0.926. The molecule has 0 fully saturated rings. The van der Waals surface area contributed by atoms with Crippen molar-refractivity contribution in [3.63, 3.8) is 0 Å². The Labute approximate surface area is 238 Å². The van der Waals surface area contributed by atoms with Crippen molar-refractivity contribution in [3.05, 3.63) is 134 Å². The summed E-state index contributed by atoms with van der Waals surface area (Å²) < 4.78 is 2.17. The van der Waals surface area contributed by atoms with E-state index in [1.165, 1.54) is 0 Å². The van der Waals surface area contributed by atoms with E-state index in [1.54, 1.807) is 0 Å². The molecule has 0 bridgehead atoms. The lowest BCUT2D eigenvalue weighted by molar-refractivity contribution is 0.959. The number of pyridine rings is 2. The molecule has 0 saturated heterocycles. The summed E-state index contributed by atoms with van der Waals surface area (Å²) in [5, 5.41) is 0. The Hall–Kier alpha value is -5.55. The van der Waals surface area contributed by atoms with Crippen LogP contribution in [-0.2, 0) is 7.05 Å². The Morgan fingerprint density at radius 1 is 0.561 bits per heavy atom. The summed E-state index contributed by atoms with van der Waals surface area (Å²) in [5.41, 5.74) is 12.6. The highest BCUT2D eigenvalue weighted by Gasteiger charge is 2.27. The first-order chi connectivity index (χ1) is 20.3. The summed E-state index contributed by atoms with van der Waals surface area (Å²) in [6.07, 6.45) is 3.71. The van der Waals surface area contributed by atoms with Crippen molar-refractivity contribution < 1.29 is 0 Å². The lowest BCUT2D eigenvalue weighted by atomic mass is 9.99. The molecule has 194 valence electrons. The van der Waals surface area contributed by atoms with Gasteiger partial charge in [0.1, 0.15) is 5.82 Å². The summed E-state index contributed by atoms with van der Waals surface area (Å²) in [4.78, 5) is 16.9. The van der Waals surface area contributed by atoms with Crippen molar-refractivity contribution in [2.24, 2.45) is 7.05 Å². The fourth-order valence-corrected chi connectivity index (χ4v) is 5.94. The lowest BCUT2D eigenvalue weighted by Crippen LogP contribution is -2.11. The summed E-state index contributed by atoms with van der Waals surface area (Å²) >= 11 is 0. The van der Waals surface area contributed by atoms with Gasteiger partial charge in [-0.25, -0.2) is 4.98 Å². The molecule has 0 amide bonds. The second-order valence-electron chi connectivity index (χ2n) is 10.2. The molecule has 5 heteroatoms. The molecule has 0 spiro atoms. The predicted molar refractivity (Wildman–Crippen MR) is 166 cm³/mol. The number of aromatic nitrogens is 4. The van der Waals surface area contributed by atoms with E-state index in [4.69, 9.17) is 9.97 Å². The summed E-state index contributed by atoms with van der Waals surface area (Å²) in [7, 11) is 2.08. The molecule has 41 heavy (non-hydrogen) atoms. The van der Waals surface area contributed by atoms with Gasteiger partial charge >= 0.3 is 0 Å². The van der Waals surface area contributed by atoms with Gasteiger partial charge in [-0.15, -0.1) is 0 Å². The van der Waals surface area contributed by atoms with E-state index in [0.717, 1.165) is 73.1 Å². The van der Waals surface area contributed by atoms with Gasteiger partial charge in [0.2, 0.25) is 0 Å². The van der Waals surface area contributed by atoms with Gasteiger partial charge in [0, 0.05) is 52.9 Å². The molecular weight excluding hydrogens is 502 g/mol. The zero-order valence-electron chi connectivity index (χ0n) is 22.4. The van der Waals surface area contributed by atoms with E-state index in [2.05, 4.69) is 112 Å². The van der Waals surface area contributed by atoms with Gasteiger partial charge in [-0.3, -0.25) is 9.97 Å². The molecule has 8 rings (SSSR count). The van der Waals surface area contributed by atoms with E-state index >= 15 is 0 Å². The Morgan fingerprint density at radius 3 is 2.29 bits per heavy atom. The summed E-state index contributed by atoms with van der Waals surface area (Å²) in [6, 6.07) is 42.2. The maximum Gasteiger partial charge on any atom is 0.140 e. The molecule has 5 nitrogen and oxygen atoms in total. The largest absolute Gasteiger partial charge is 0.327 e. The van der Waals surface area contributed by atoms with Crippen molar-refractivity contribution >= 4 is 28.1 Å². The van der Waals surface area contributed by atoms with Gasteiger partial charge in [-0.2, -0.15) is 0 Å². The van der Waals surface area contributed by atoms with Crippen molar-refractivity contribution in [1.82, 2.24) is 19.5 Å². The molecule has 1 aliphatic rings. The lowest BCUT2D eigenvalue weighted by Gasteiger charge is -2.28. The van der Waals surface area contributed by atoms with Gasteiger partial charge in [0.15, 0.2) is 0 Å². The number of fused-ring (bicyclic) bond motifs is 6. The third-order valence-corrected chi connectivity index (χ3v) is 7.85. The van der Waals surface area contributed by atoms with Crippen molar-refractivity contribution in [2.45, 2.75) is 0 Å². The Kier molecular flexibility index (Phi) is 5.28. The summed E-state index contributed by atoms with van der Waals surface area (Å²) in [6.45, 7) is 0. The minimum absolute atomic E-state index is 0.926. The van der Waals surface area contributed by atoms with Gasteiger partial charge in [0.05, 0.1) is 33.8 Å². The average molecular weight is 528 g/mol. The van der Waals surface area contributed by atoms with Gasteiger partial charge in [0.25, 0.3) is 0 Å². The number of hydrogen-bond donors (Lipinski definition) is 0. The zero-order valence-corrected chi connectivity index (χ0v) is 22.4. The maximum absolute atomic E-state index is 5.02. The fraction of sp³-hybridized carbons (Fsp3) is 0.0278. The standard InChI is InChI=1S/C36H25N5/c1-40-33-17-5-3-15-31(33)39-36(40)25-18-19-29-34(23-25)41(26-11-8-10-24(22-26)30-14-6-7-20-37-30)32-16-4-2-12-27(32)28-13-9-21-38-35(28)29/h2-23H,1H3. The Balaban J connectivity index is 1.41. The van der Waals surface area contributed by atoms with Crippen LogP contribution in [0.15, 0.2) is 134 Å². The number of benzene rings is 4. The molecule has 0 atom stereocenters. The van der Waals surface area contributed by atoms with Gasteiger partial charge in [-0.1, -0.05) is 60.7 Å². The highest BCUT2D eigenvalue weighted by Crippen LogP contribution is 2.51. The van der Waals surface area contributed by atoms with Crippen LogP contribution in [0.5, 0.6) is 0 Å². The number of imidazole rings is 1. The monoisotopic (exact) mass is 527 g/mol. The van der Waals surface area contributed by atoms with Crippen LogP contribution in [0.3, 0.4) is 0 Å². The topological polar surface area (TPSA) is 46.8 Å². The number of nitrogens with zero attached hydrogens (tertiary/aromatic N) is 5. The second kappa shape index (κ2) is 9.28. The van der Waals surface area contributed by atoms with Crippen LogP contribution in [-0.4, -0.2) is 19.5 Å². The molecule has 3 aromatic heterocycles. The fourth-order valence-electron chi connectivity index (χ4n) is 5.94. The SMILES string of the molecule is Cn1c(-c2ccc3c(c2)N(c2cccc(-c4ccccn4)c2)c2ccccc2-c2cccnc2-3)nc2ccccc21. The predicted octanol–water partition coefficient (Wildman–Crippen LogP) is 8.81. The first-order valence-electron chi connectivity index (χ1n) is 13.7. The van der Waals surface area contributed by atoms with Crippen LogP contribution in [0, 0.1) is 0 Å². The quantitative estimate of drug-likeness (QED) is 0.230. The molecule has 4 heterocycles. The molecule has 0 aliphatic carbocycles. The Bertz CT molecular complexity index is 2080. The number of anilines is 3. The van der Waals surface area contributed by atoms with Gasteiger partial charge < -0.3 is 9.47 Å². The van der Waals surface area contributed by atoms with Gasteiger partial charge in [-0.05, 0) is 60.7 Å². The molecule has 0 unspecified atom stereocenters. The number of para-hydroxylation sites is 3. The minimum Gasteiger partial charge on any atom is -0.327 e. The zero-order chi connectivity index (χ0) is 27.3. The van der Waals surface area contributed by atoms with Crippen molar-refractivity contribution in [1.29, 1.82) is 0 Å². The average Bonchev–Trinajstić information content (AvgIpc) is 3.32. The third kappa shape index (κ3) is 3.74. The van der Waals surface area contributed by atoms with Crippen LogP contribution in [0.1, 0.15) is 0 Å². The van der Waals surface area contributed by atoms with Crippen LogP contribution in [0.2, 0.25) is 0 Å². The van der Waals surface area contributed by atoms with E-state index in [9.17, 15) is 0 Å². The van der Waals surface area contributed by atoms with Crippen molar-refractivity contribution in [2.75, 3.05) is 4.90 Å². The highest BCUT2D eigenvalue weighted by atomic mass is 15.2. The number of aryl methyl sites for hydroxylation is 1. The van der Waals surface area contributed by atoms with E-state index < -0.39 is 0 Å². The van der Waals surface area contributed by atoms with Crippen LogP contribution in [0.25, 0.3) is 56.1 Å². The van der Waals surface area contributed by atoms with Crippen LogP contribution >= 0.6 is 0 Å². The van der Waals surface area contributed by atoms with Crippen molar-refractivity contribution in [3.8, 4) is 45.0 Å². The van der Waals surface area contributed by atoms with E-state index in [-0.39, 0.29) is 0 Å². The number of rotatable bonds is 3. The first-order valence-corrected chi connectivity index (χ1v) is 13.7. The Morgan fingerprint density at radius 2 is 1.39 bits per heavy atom. The molecule has 0 N–H and O–H groups in total. The highest BCUT2D eigenvalue weighted by molar-refractivity contribution is 6.02. The van der Waals surface area contributed by atoms with Crippen LogP contribution < -0.4 is 4.90 Å². The maximum atomic E-state index is 5.02. The second-order valence-corrected chi connectivity index (χ2v) is 10.2. The smallest absolute Gasteiger partial charge is 0.140 e. The minimum atomic E-state index is 0.926. The van der Waals surface area contributed by atoms with E-state index in [1.807, 2.05) is 42.7 Å². The molecule has 1 aliphatic heterocycles. The molecule has 0 radical (unpaired) electrons. The normalized spacial score (nSPS) is 12.0. The first kappa shape index (κ1) is 23.3. The van der Waals surface area contributed by atoms with Crippen LogP contribution in [0.4, 0.5) is 17.1 Å². The molecule has 4 aromatic carbocycles. The molecular formula is C36H25N5.